The third kappa shape index (κ3) is 3.27. The van der Waals surface area contributed by atoms with Gasteiger partial charge >= 0.3 is 0 Å². The Labute approximate surface area is 118 Å². The lowest BCUT2D eigenvalue weighted by atomic mass is 10.3. The van der Waals surface area contributed by atoms with Crippen molar-refractivity contribution in [1.29, 1.82) is 0 Å². The van der Waals surface area contributed by atoms with Crippen LogP contribution in [0.1, 0.15) is 12.5 Å². The molecule has 20 heavy (non-hydrogen) atoms. The molecule has 2 aromatic rings. The van der Waals surface area contributed by atoms with E-state index in [1.54, 1.807) is 48.3 Å². The van der Waals surface area contributed by atoms with Gasteiger partial charge in [0, 0.05) is 30.2 Å². The fourth-order valence-electron chi connectivity index (χ4n) is 1.72. The first-order valence-electron chi connectivity index (χ1n) is 6.27. The van der Waals surface area contributed by atoms with Crippen LogP contribution in [-0.4, -0.2) is 24.0 Å². The van der Waals surface area contributed by atoms with E-state index in [9.17, 15) is 8.42 Å². The molecule has 0 amide bonds. The maximum absolute atomic E-state index is 11.7. The van der Waals surface area contributed by atoms with Crippen molar-refractivity contribution in [2.45, 2.75) is 18.4 Å². The Bertz CT molecular complexity index is 687. The number of nitrogens with one attached hydrogen (secondary N) is 1. The fraction of sp³-hybridized carbons (Fsp3) is 0.214. The van der Waals surface area contributed by atoms with Gasteiger partial charge in [0.25, 0.3) is 0 Å². The Hall–Kier alpha value is -2.08. The van der Waals surface area contributed by atoms with Gasteiger partial charge in [-0.3, -0.25) is 0 Å². The van der Waals surface area contributed by atoms with Crippen molar-refractivity contribution in [3.05, 3.63) is 48.8 Å². The van der Waals surface area contributed by atoms with E-state index in [4.69, 9.17) is 0 Å². The SMILES string of the molecule is C=Cn1cc(CNc2ccc(S(=O)(=O)CC)cc2)cn1. The summed E-state index contributed by atoms with van der Waals surface area (Å²) < 4.78 is 25.0. The molecular weight excluding hydrogens is 274 g/mol. The maximum Gasteiger partial charge on any atom is 0.178 e. The predicted molar refractivity (Wildman–Crippen MR) is 80.1 cm³/mol. The van der Waals surface area contributed by atoms with E-state index in [2.05, 4.69) is 17.0 Å². The number of benzene rings is 1. The van der Waals surface area contributed by atoms with Crippen molar-refractivity contribution in [2.24, 2.45) is 0 Å². The minimum atomic E-state index is -3.13. The first-order chi connectivity index (χ1) is 9.55. The normalized spacial score (nSPS) is 11.2. The van der Waals surface area contributed by atoms with E-state index in [-0.39, 0.29) is 5.75 Å². The van der Waals surface area contributed by atoms with Gasteiger partial charge in [0.2, 0.25) is 0 Å². The Balaban J connectivity index is 2.02. The van der Waals surface area contributed by atoms with Crippen LogP contribution in [0.25, 0.3) is 6.20 Å². The molecule has 0 spiro atoms. The highest BCUT2D eigenvalue weighted by Crippen LogP contribution is 2.16. The van der Waals surface area contributed by atoms with E-state index in [0.29, 0.717) is 11.4 Å². The summed E-state index contributed by atoms with van der Waals surface area (Å²) in [5.74, 6) is 0.112. The molecule has 1 heterocycles. The summed E-state index contributed by atoms with van der Waals surface area (Å²) in [4.78, 5) is 0.352. The van der Waals surface area contributed by atoms with Crippen molar-refractivity contribution in [3.63, 3.8) is 0 Å². The molecule has 1 N–H and O–H groups in total. The van der Waals surface area contributed by atoms with Crippen LogP contribution in [0, 0.1) is 0 Å². The van der Waals surface area contributed by atoms with Crippen molar-refractivity contribution in [2.75, 3.05) is 11.1 Å². The van der Waals surface area contributed by atoms with Crippen LogP contribution < -0.4 is 5.32 Å². The Morgan fingerprint density at radius 2 is 2.05 bits per heavy atom. The maximum atomic E-state index is 11.7. The standard InChI is InChI=1S/C14H17N3O2S/c1-3-17-11-12(10-16-17)9-15-13-5-7-14(8-6-13)20(18,19)4-2/h3,5-8,10-11,15H,1,4,9H2,2H3. The second-order valence-electron chi connectivity index (χ2n) is 4.29. The van der Waals surface area contributed by atoms with Gasteiger partial charge in [-0.1, -0.05) is 13.5 Å². The van der Waals surface area contributed by atoms with Gasteiger partial charge in [0.05, 0.1) is 16.8 Å². The van der Waals surface area contributed by atoms with Crippen LogP contribution in [0.15, 0.2) is 48.1 Å². The summed E-state index contributed by atoms with van der Waals surface area (Å²) in [6.07, 6.45) is 5.24. The van der Waals surface area contributed by atoms with Crippen molar-refractivity contribution >= 4 is 21.7 Å². The van der Waals surface area contributed by atoms with Crippen molar-refractivity contribution in [1.82, 2.24) is 9.78 Å². The monoisotopic (exact) mass is 291 g/mol. The van der Waals surface area contributed by atoms with Crippen LogP contribution in [0.2, 0.25) is 0 Å². The molecule has 0 bridgehead atoms. The van der Waals surface area contributed by atoms with E-state index in [1.165, 1.54) is 0 Å². The molecule has 5 nitrogen and oxygen atoms in total. The molecule has 6 heteroatoms. The third-order valence-corrected chi connectivity index (χ3v) is 4.68. The van der Waals surface area contributed by atoms with Crippen molar-refractivity contribution < 1.29 is 8.42 Å². The van der Waals surface area contributed by atoms with Gasteiger partial charge in [0.1, 0.15) is 0 Å². The summed E-state index contributed by atoms with van der Waals surface area (Å²) in [5, 5.41) is 7.30. The minimum Gasteiger partial charge on any atom is -0.381 e. The second-order valence-corrected chi connectivity index (χ2v) is 6.57. The average molecular weight is 291 g/mol. The topological polar surface area (TPSA) is 64.0 Å². The highest BCUT2D eigenvalue weighted by atomic mass is 32.2. The molecular formula is C14H17N3O2S. The molecule has 0 fully saturated rings. The molecule has 0 radical (unpaired) electrons. The molecule has 0 unspecified atom stereocenters. The molecule has 1 aromatic carbocycles. The zero-order valence-electron chi connectivity index (χ0n) is 11.3. The molecule has 0 aliphatic rings. The molecule has 2 rings (SSSR count). The summed E-state index contributed by atoms with van der Waals surface area (Å²) in [5.41, 5.74) is 1.89. The van der Waals surface area contributed by atoms with E-state index in [0.717, 1.165) is 11.3 Å². The first kappa shape index (κ1) is 14.3. The van der Waals surface area contributed by atoms with Gasteiger partial charge in [-0.2, -0.15) is 5.10 Å². The van der Waals surface area contributed by atoms with Gasteiger partial charge < -0.3 is 5.32 Å². The average Bonchev–Trinajstić information content (AvgIpc) is 2.93. The quantitative estimate of drug-likeness (QED) is 0.887. The van der Waals surface area contributed by atoms with E-state index >= 15 is 0 Å². The van der Waals surface area contributed by atoms with Gasteiger partial charge in [-0.05, 0) is 24.3 Å². The number of anilines is 1. The molecule has 0 saturated carbocycles. The van der Waals surface area contributed by atoms with E-state index < -0.39 is 9.84 Å². The zero-order valence-corrected chi connectivity index (χ0v) is 12.1. The summed E-state index contributed by atoms with van der Waals surface area (Å²) in [6, 6.07) is 6.77. The van der Waals surface area contributed by atoms with Crippen LogP contribution >= 0.6 is 0 Å². The molecule has 0 aliphatic carbocycles. The zero-order chi connectivity index (χ0) is 14.6. The summed E-state index contributed by atoms with van der Waals surface area (Å²) in [7, 11) is -3.13. The Kier molecular flexibility index (Phi) is 4.24. The highest BCUT2D eigenvalue weighted by molar-refractivity contribution is 7.91. The lowest BCUT2D eigenvalue weighted by Gasteiger charge is -2.06. The summed E-state index contributed by atoms with van der Waals surface area (Å²) >= 11 is 0. The number of nitrogens with zero attached hydrogens (tertiary/aromatic N) is 2. The van der Waals surface area contributed by atoms with Crippen molar-refractivity contribution in [3.8, 4) is 0 Å². The fourth-order valence-corrected chi connectivity index (χ4v) is 2.60. The van der Waals surface area contributed by atoms with Crippen LogP contribution in [0.5, 0.6) is 0 Å². The lowest BCUT2D eigenvalue weighted by Crippen LogP contribution is -2.04. The van der Waals surface area contributed by atoms with Gasteiger partial charge in [-0.25, -0.2) is 13.1 Å². The number of hydrogen-bond acceptors (Lipinski definition) is 4. The number of rotatable bonds is 6. The predicted octanol–water partition coefficient (Wildman–Crippen LogP) is 2.39. The Morgan fingerprint density at radius 1 is 1.35 bits per heavy atom. The molecule has 106 valence electrons. The number of sulfone groups is 1. The van der Waals surface area contributed by atoms with Crippen LogP contribution in [0.3, 0.4) is 0 Å². The second kappa shape index (κ2) is 5.92. The van der Waals surface area contributed by atoms with Gasteiger partial charge in [0.15, 0.2) is 9.84 Å². The largest absolute Gasteiger partial charge is 0.381 e. The number of hydrogen-bond donors (Lipinski definition) is 1. The molecule has 0 atom stereocenters. The van der Waals surface area contributed by atoms with Crippen LogP contribution in [-0.2, 0) is 16.4 Å². The smallest absolute Gasteiger partial charge is 0.178 e. The molecule has 0 saturated heterocycles. The highest BCUT2D eigenvalue weighted by Gasteiger charge is 2.10. The Morgan fingerprint density at radius 3 is 2.60 bits per heavy atom. The van der Waals surface area contributed by atoms with Gasteiger partial charge in [-0.15, -0.1) is 0 Å². The molecule has 1 aromatic heterocycles. The minimum absolute atomic E-state index is 0.112. The van der Waals surface area contributed by atoms with E-state index in [1.807, 2.05) is 6.20 Å². The molecule has 0 aliphatic heterocycles. The third-order valence-electron chi connectivity index (χ3n) is 2.93. The van der Waals surface area contributed by atoms with Crippen LogP contribution in [0.4, 0.5) is 5.69 Å². The summed E-state index contributed by atoms with van der Waals surface area (Å²) in [6.45, 7) is 5.88. The lowest BCUT2D eigenvalue weighted by molar-refractivity contribution is 0.597. The number of aromatic nitrogens is 2. The first-order valence-corrected chi connectivity index (χ1v) is 7.92.